The van der Waals surface area contributed by atoms with E-state index in [1.807, 2.05) is 18.2 Å². The summed E-state index contributed by atoms with van der Waals surface area (Å²) in [5.41, 5.74) is 0.0545. The van der Waals surface area contributed by atoms with E-state index in [4.69, 9.17) is 9.84 Å². The molecule has 0 aliphatic heterocycles. The number of halogens is 1. The Labute approximate surface area is 109 Å². The van der Waals surface area contributed by atoms with E-state index in [1.54, 1.807) is 21.0 Å². The van der Waals surface area contributed by atoms with Crippen LogP contribution in [0.4, 0.5) is 5.69 Å². The third-order valence-electron chi connectivity index (χ3n) is 2.47. The maximum absolute atomic E-state index is 10.9. The third kappa shape index (κ3) is 3.63. The van der Waals surface area contributed by atoms with Crippen LogP contribution in [0, 0.1) is 5.41 Å². The number of ether oxygens (including phenoxy) is 1. The van der Waals surface area contributed by atoms with Crippen molar-refractivity contribution in [2.24, 2.45) is 5.41 Å². The maximum Gasteiger partial charge on any atom is 0.310 e. The molecule has 0 aliphatic carbocycles. The number of aliphatic carboxylic acids is 1. The van der Waals surface area contributed by atoms with Crippen molar-refractivity contribution in [2.75, 3.05) is 19.0 Å². The largest absolute Gasteiger partial charge is 0.496 e. The fraction of sp³-hybridized carbons (Fsp3) is 0.417. The molecule has 94 valence electrons. The van der Waals surface area contributed by atoms with E-state index in [0.717, 1.165) is 15.9 Å². The molecule has 0 unspecified atom stereocenters. The van der Waals surface area contributed by atoms with Crippen LogP contribution in [0.15, 0.2) is 22.7 Å². The smallest absolute Gasteiger partial charge is 0.310 e. The van der Waals surface area contributed by atoms with Crippen molar-refractivity contribution in [3.8, 4) is 5.75 Å². The second kappa shape index (κ2) is 5.40. The van der Waals surface area contributed by atoms with Crippen LogP contribution in [0.25, 0.3) is 0 Å². The average Bonchev–Trinajstić information content (AvgIpc) is 2.26. The highest BCUT2D eigenvalue weighted by atomic mass is 79.9. The molecule has 5 heteroatoms. The Hall–Kier alpha value is -1.23. The van der Waals surface area contributed by atoms with Crippen LogP contribution in [-0.2, 0) is 4.79 Å². The molecular weight excluding hydrogens is 286 g/mol. The number of anilines is 1. The second-order valence-corrected chi connectivity index (χ2v) is 5.25. The summed E-state index contributed by atoms with van der Waals surface area (Å²) in [6, 6.07) is 5.53. The van der Waals surface area contributed by atoms with Crippen molar-refractivity contribution < 1.29 is 14.6 Å². The molecule has 1 rings (SSSR count). The number of carbonyl (C=O) groups is 1. The number of methoxy groups -OCH3 is 1. The summed E-state index contributed by atoms with van der Waals surface area (Å²) in [6.45, 7) is 3.73. The van der Waals surface area contributed by atoms with Gasteiger partial charge in [0.25, 0.3) is 0 Å². The van der Waals surface area contributed by atoms with Gasteiger partial charge in [0, 0.05) is 12.2 Å². The molecule has 0 bridgehead atoms. The third-order valence-corrected chi connectivity index (χ3v) is 3.08. The highest BCUT2D eigenvalue weighted by molar-refractivity contribution is 9.10. The molecule has 17 heavy (non-hydrogen) atoms. The van der Waals surface area contributed by atoms with Crippen molar-refractivity contribution in [3.63, 3.8) is 0 Å². The number of benzene rings is 1. The number of carboxylic acids is 1. The zero-order valence-electron chi connectivity index (χ0n) is 10.1. The lowest BCUT2D eigenvalue weighted by atomic mass is 9.94. The van der Waals surface area contributed by atoms with Gasteiger partial charge in [-0.15, -0.1) is 0 Å². The maximum atomic E-state index is 10.9. The van der Waals surface area contributed by atoms with Gasteiger partial charge in [0.1, 0.15) is 5.75 Å². The van der Waals surface area contributed by atoms with Crippen molar-refractivity contribution in [2.45, 2.75) is 13.8 Å². The molecule has 4 nitrogen and oxygen atoms in total. The summed E-state index contributed by atoms with van der Waals surface area (Å²) >= 11 is 3.38. The number of rotatable bonds is 5. The molecule has 1 aromatic rings. The van der Waals surface area contributed by atoms with E-state index in [-0.39, 0.29) is 0 Å². The Bertz CT molecular complexity index is 418. The van der Waals surface area contributed by atoms with Gasteiger partial charge in [-0.05, 0) is 48.0 Å². The number of hydrogen-bond donors (Lipinski definition) is 2. The molecule has 0 saturated heterocycles. The quantitative estimate of drug-likeness (QED) is 0.878. The SMILES string of the molecule is COc1ccc(NCC(C)(C)C(=O)O)cc1Br. The minimum absolute atomic E-state index is 0.362. The Morgan fingerprint density at radius 2 is 2.18 bits per heavy atom. The zero-order valence-corrected chi connectivity index (χ0v) is 11.7. The highest BCUT2D eigenvalue weighted by Gasteiger charge is 2.26. The second-order valence-electron chi connectivity index (χ2n) is 4.39. The summed E-state index contributed by atoms with van der Waals surface area (Å²) < 4.78 is 5.95. The first kappa shape index (κ1) is 13.8. The molecule has 0 fully saturated rings. The number of hydrogen-bond acceptors (Lipinski definition) is 3. The molecule has 2 N–H and O–H groups in total. The van der Waals surface area contributed by atoms with Gasteiger partial charge in [-0.25, -0.2) is 0 Å². The molecule has 0 aliphatic rings. The van der Waals surface area contributed by atoms with Crippen molar-refractivity contribution in [3.05, 3.63) is 22.7 Å². The van der Waals surface area contributed by atoms with E-state index in [9.17, 15) is 4.79 Å². The van der Waals surface area contributed by atoms with Crippen molar-refractivity contribution in [1.29, 1.82) is 0 Å². The molecular formula is C12H16BrNO3. The number of nitrogens with one attached hydrogen (secondary N) is 1. The van der Waals surface area contributed by atoms with E-state index in [1.165, 1.54) is 0 Å². The van der Waals surface area contributed by atoms with Gasteiger partial charge in [0.05, 0.1) is 17.0 Å². The minimum atomic E-state index is -0.822. The van der Waals surface area contributed by atoms with Crippen molar-refractivity contribution in [1.82, 2.24) is 0 Å². The molecule has 0 saturated carbocycles. The van der Waals surface area contributed by atoms with Crippen LogP contribution >= 0.6 is 15.9 Å². The first-order chi connectivity index (χ1) is 7.86. The normalized spacial score (nSPS) is 11.1. The summed E-state index contributed by atoms with van der Waals surface area (Å²) in [7, 11) is 1.60. The van der Waals surface area contributed by atoms with E-state index in [2.05, 4.69) is 21.2 Å². The van der Waals surface area contributed by atoms with E-state index in [0.29, 0.717) is 6.54 Å². The predicted molar refractivity (Wildman–Crippen MR) is 70.6 cm³/mol. The van der Waals surface area contributed by atoms with Crippen LogP contribution in [0.5, 0.6) is 5.75 Å². The van der Waals surface area contributed by atoms with Crippen LogP contribution in [0.2, 0.25) is 0 Å². The lowest BCUT2D eigenvalue weighted by Crippen LogP contribution is -2.31. The summed E-state index contributed by atoms with van der Waals surface area (Å²) in [5.74, 6) is -0.0781. The van der Waals surface area contributed by atoms with Gasteiger partial charge in [-0.1, -0.05) is 0 Å². The molecule has 0 amide bonds. The van der Waals surface area contributed by atoms with Crippen LogP contribution in [0.1, 0.15) is 13.8 Å². The van der Waals surface area contributed by atoms with Crippen LogP contribution < -0.4 is 10.1 Å². The lowest BCUT2D eigenvalue weighted by Gasteiger charge is -2.20. The summed E-state index contributed by atoms with van der Waals surface area (Å²) in [4.78, 5) is 10.9. The molecule has 0 atom stereocenters. The summed E-state index contributed by atoms with van der Waals surface area (Å²) in [6.07, 6.45) is 0. The average molecular weight is 302 g/mol. The van der Waals surface area contributed by atoms with Gasteiger partial charge < -0.3 is 15.2 Å². The molecule has 0 radical (unpaired) electrons. The first-order valence-corrected chi connectivity index (χ1v) is 5.97. The van der Waals surface area contributed by atoms with Gasteiger partial charge in [-0.2, -0.15) is 0 Å². The zero-order chi connectivity index (χ0) is 13.1. The van der Waals surface area contributed by atoms with Gasteiger partial charge in [0.2, 0.25) is 0 Å². The fourth-order valence-electron chi connectivity index (χ4n) is 1.17. The van der Waals surface area contributed by atoms with E-state index < -0.39 is 11.4 Å². The minimum Gasteiger partial charge on any atom is -0.496 e. The Morgan fingerprint density at radius 3 is 2.65 bits per heavy atom. The van der Waals surface area contributed by atoms with Crippen LogP contribution in [0.3, 0.4) is 0 Å². The van der Waals surface area contributed by atoms with E-state index >= 15 is 0 Å². The summed E-state index contributed by atoms with van der Waals surface area (Å²) in [5, 5.41) is 12.1. The number of carboxylic acid groups (broad SMARTS) is 1. The molecule has 0 heterocycles. The molecule has 0 aromatic heterocycles. The monoisotopic (exact) mass is 301 g/mol. The fourth-order valence-corrected chi connectivity index (χ4v) is 1.72. The standard InChI is InChI=1S/C12H16BrNO3/c1-12(2,11(15)16)7-14-8-4-5-10(17-3)9(13)6-8/h4-6,14H,7H2,1-3H3,(H,15,16). The lowest BCUT2D eigenvalue weighted by molar-refractivity contribution is -0.146. The molecule has 1 aromatic carbocycles. The van der Waals surface area contributed by atoms with Gasteiger partial charge in [-0.3, -0.25) is 4.79 Å². The van der Waals surface area contributed by atoms with Gasteiger partial charge >= 0.3 is 5.97 Å². The van der Waals surface area contributed by atoms with Gasteiger partial charge in [0.15, 0.2) is 0 Å². The Balaban J connectivity index is 2.71. The molecule has 0 spiro atoms. The Morgan fingerprint density at radius 1 is 1.53 bits per heavy atom. The predicted octanol–water partition coefficient (Wildman–Crippen LogP) is 2.98. The first-order valence-electron chi connectivity index (χ1n) is 5.17. The van der Waals surface area contributed by atoms with Crippen molar-refractivity contribution >= 4 is 27.6 Å². The van der Waals surface area contributed by atoms with Crippen LogP contribution in [-0.4, -0.2) is 24.7 Å². The highest BCUT2D eigenvalue weighted by Crippen LogP contribution is 2.28. The topological polar surface area (TPSA) is 58.6 Å². The Kier molecular flexibility index (Phi) is 4.40.